The normalized spacial score (nSPS) is 29.1. The summed E-state index contributed by atoms with van der Waals surface area (Å²) in [6.45, 7) is 7.48. The zero-order valence-corrected chi connectivity index (χ0v) is 12.3. The first-order valence-electron chi connectivity index (χ1n) is 8.03. The van der Waals surface area contributed by atoms with Crippen molar-refractivity contribution in [3.63, 3.8) is 0 Å². The summed E-state index contributed by atoms with van der Waals surface area (Å²) in [7, 11) is 0. The minimum Gasteiger partial charge on any atom is -0.355 e. The molecule has 2 fully saturated rings. The molecule has 0 radical (unpaired) electrons. The molecule has 2 aliphatic heterocycles. The molecule has 4 nitrogen and oxygen atoms in total. The molecule has 1 amide bonds. The molecule has 2 atom stereocenters. The number of carbonyl (C=O) groups is 1. The molecule has 110 valence electrons. The van der Waals surface area contributed by atoms with Gasteiger partial charge in [0.2, 0.25) is 5.91 Å². The van der Waals surface area contributed by atoms with Gasteiger partial charge in [0.1, 0.15) is 0 Å². The zero-order chi connectivity index (χ0) is 13.5. The molecule has 0 bridgehead atoms. The minimum atomic E-state index is 0.115. The molecule has 0 aromatic heterocycles. The Morgan fingerprint density at radius 2 is 2.11 bits per heavy atom. The second-order valence-electron chi connectivity index (χ2n) is 6.01. The summed E-state index contributed by atoms with van der Waals surface area (Å²) in [6, 6.07) is 0.115. The van der Waals surface area contributed by atoms with Crippen molar-refractivity contribution in [1.29, 1.82) is 0 Å². The summed E-state index contributed by atoms with van der Waals surface area (Å²) < 4.78 is 0. The highest BCUT2D eigenvalue weighted by atomic mass is 16.2. The maximum atomic E-state index is 12.2. The molecule has 2 rings (SSSR count). The van der Waals surface area contributed by atoms with Crippen molar-refractivity contribution in [3.8, 4) is 0 Å². The molecule has 0 aromatic rings. The second-order valence-corrected chi connectivity index (χ2v) is 6.01. The van der Waals surface area contributed by atoms with Crippen LogP contribution in [0.5, 0.6) is 0 Å². The third-order valence-electron chi connectivity index (χ3n) is 4.35. The van der Waals surface area contributed by atoms with Gasteiger partial charge in [0, 0.05) is 13.1 Å². The second kappa shape index (κ2) is 7.85. The molecular formula is C15H29N3O. The van der Waals surface area contributed by atoms with E-state index in [2.05, 4.69) is 22.5 Å². The Morgan fingerprint density at radius 1 is 1.21 bits per heavy atom. The van der Waals surface area contributed by atoms with Crippen LogP contribution in [0.25, 0.3) is 0 Å². The van der Waals surface area contributed by atoms with Gasteiger partial charge in [-0.05, 0) is 64.1 Å². The Kier molecular flexibility index (Phi) is 6.11. The van der Waals surface area contributed by atoms with Gasteiger partial charge in [-0.3, -0.25) is 9.69 Å². The molecule has 0 saturated carbocycles. The van der Waals surface area contributed by atoms with E-state index in [0.29, 0.717) is 0 Å². The molecule has 0 spiro atoms. The largest absolute Gasteiger partial charge is 0.355 e. The molecule has 2 heterocycles. The van der Waals surface area contributed by atoms with E-state index in [-0.39, 0.29) is 11.9 Å². The number of piperidine rings is 1. The molecule has 19 heavy (non-hydrogen) atoms. The quantitative estimate of drug-likeness (QED) is 0.791. The third kappa shape index (κ3) is 4.46. The van der Waals surface area contributed by atoms with Crippen molar-refractivity contribution >= 4 is 5.91 Å². The smallest absolute Gasteiger partial charge is 0.237 e. The Labute approximate surface area is 117 Å². The van der Waals surface area contributed by atoms with Crippen LogP contribution >= 0.6 is 0 Å². The first kappa shape index (κ1) is 14.8. The lowest BCUT2D eigenvalue weighted by Crippen LogP contribution is -2.49. The Hall–Kier alpha value is -0.610. The van der Waals surface area contributed by atoms with Crippen molar-refractivity contribution in [2.75, 3.05) is 32.7 Å². The fourth-order valence-corrected chi connectivity index (χ4v) is 3.34. The Balaban J connectivity index is 1.94. The van der Waals surface area contributed by atoms with Gasteiger partial charge in [-0.1, -0.05) is 6.92 Å². The van der Waals surface area contributed by atoms with Gasteiger partial charge in [-0.25, -0.2) is 0 Å². The summed E-state index contributed by atoms with van der Waals surface area (Å²) in [5.74, 6) is 0.978. The first-order valence-corrected chi connectivity index (χ1v) is 8.03. The van der Waals surface area contributed by atoms with Crippen LogP contribution < -0.4 is 10.6 Å². The summed E-state index contributed by atoms with van der Waals surface area (Å²) in [4.78, 5) is 14.6. The molecule has 2 aliphatic rings. The monoisotopic (exact) mass is 267 g/mol. The average molecular weight is 267 g/mol. The number of rotatable bonds is 5. The SMILES string of the molecule is CCCN(CC1CCCNC1)C1CCCCNC1=O. The predicted octanol–water partition coefficient (Wildman–Crippen LogP) is 1.37. The van der Waals surface area contributed by atoms with Gasteiger partial charge < -0.3 is 10.6 Å². The number of nitrogens with one attached hydrogen (secondary N) is 2. The van der Waals surface area contributed by atoms with E-state index in [1.165, 1.54) is 19.3 Å². The maximum Gasteiger partial charge on any atom is 0.237 e. The third-order valence-corrected chi connectivity index (χ3v) is 4.35. The topological polar surface area (TPSA) is 44.4 Å². The fourth-order valence-electron chi connectivity index (χ4n) is 3.34. The van der Waals surface area contributed by atoms with Crippen molar-refractivity contribution in [3.05, 3.63) is 0 Å². The van der Waals surface area contributed by atoms with E-state index >= 15 is 0 Å². The Morgan fingerprint density at radius 3 is 2.84 bits per heavy atom. The van der Waals surface area contributed by atoms with Crippen LogP contribution in [0.3, 0.4) is 0 Å². The van der Waals surface area contributed by atoms with E-state index in [1.807, 2.05) is 0 Å². The molecule has 0 aromatic carbocycles. The molecule has 2 unspecified atom stereocenters. The zero-order valence-electron chi connectivity index (χ0n) is 12.3. The highest BCUT2D eigenvalue weighted by molar-refractivity contribution is 5.81. The summed E-state index contributed by atoms with van der Waals surface area (Å²) in [5.41, 5.74) is 0. The number of amides is 1. The summed E-state index contributed by atoms with van der Waals surface area (Å²) >= 11 is 0. The predicted molar refractivity (Wildman–Crippen MR) is 78.1 cm³/mol. The number of hydrogen-bond acceptors (Lipinski definition) is 3. The highest BCUT2D eigenvalue weighted by Gasteiger charge is 2.28. The van der Waals surface area contributed by atoms with Gasteiger partial charge in [-0.15, -0.1) is 0 Å². The fraction of sp³-hybridized carbons (Fsp3) is 0.933. The van der Waals surface area contributed by atoms with Crippen LogP contribution in [0.4, 0.5) is 0 Å². The summed E-state index contributed by atoms with van der Waals surface area (Å²) in [6.07, 6.45) is 7.05. The van der Waals surface area contributed by atoms with Crippen molar-refractivity contribution in [2.45, 2.75) is 51.5 Å². The molecular weight excluding hydrogens is 238 g/mol. The lowest BCUT2D eigenvalue weighted by atomic mass is 9.97. The van der Waals surface area contributed by atoms with E-state index in [0.717, 1.165) is 57.9 Å². The molecule has 2 saturated heterocycles. The first-order chi connectivity index (χ1) is 9.31. The van der Waals surface area contributed by atoms with Crippen LogP contribution in [0.2, 0.25) is 0 Å². The van der Waals surface area contributed by atoms with Crippen molar-refractivity contribution < 1.29 is 4.79 Å². The van der Waals surface area contributed by atoms with Gasteiger partial charge in [0.15, 0.2) is 0 Å². The lowest BCUT2D eigenvalue weighted by molar-refractivity contribution is -0.126. The Bertz CT molecular complexity index is 277. The van der Waals surface area contributed by atoms with Gasteiger partial charge in [0.25, 0.3) is 0 Å². The van der Waals surface area contributed by atoms with Crippen LogP contribution in [0.1, 0.15) is 45.4 Å². The van der Waals surface area contributed by atoms with Crippen LogP contribution in [0, 0.1) is 5.92 Å². The summed E-state index contributed by atoms with van der Waals surface area (Å²) in [5, 5.41) is 6.56. The van der Waals surface area contributed by atoms with Crippen LogP contribution in [0.15, 0.2) is 0 Å². The van der Waals surface area contributed by atoms with Crippen LogP contribution in [-0.4, -0.2) is 49.6 Å². The highest BCUT2D eigenvalue weighted by Crippen LogP contribution is 2.18. The van der Waals surface area contributed by atoms with E-state index in [4.69, 9.17) is 0 Å². The van der Waals surface area contributed by atoms with Gasteiger partial charge in [0.05, 0.1) is 6.04 Å². The average Bonchev–Trinajstić information content (AvgIpc) is 2.64. The van der Waals surface area contributed by atoms with E-state index in [1.54, 1.807) is 0 Å². The van der Waals surface area contributed by atoms with Gasteiger partial charge >= 0.3 is 0 Å². The lowest BCUT2D eigenvalue weighted by Gasteiger charge is -2.34. The van der Waals surface area contributed by atoms with Crippen LogP contribution in [-0.2, 0) is 4.79 Å². The molecule has 0 aliphatic carbocycles. The van der Waals surface area contributed by atoms with Gasteiger partial charge in [-0.2, -0.15) is 0 Å². The number of carbonyl (C=O) groups excluding carboxylic acids is 1. The maximum absolute atomic E-state index is 12.2. The number of hydrogen-bond donors (Lipinski definition) is 2. The minimum absolute atomic E-state index is 0.115. The van der Waals surface area contributed by atoms with Crippen molar-refractivity contribution in [2.24, 2.45) is 5.92 Å². The molecule has 4 heteroatoms. The van der Waals surface area contributed by atoms with Crippen molar-refractivity contribution in [1.82, 2.24) is 15.5 Å². The molecule has 2 N–H and O–H groups in total. The standard InChI is InChI=1S/C15H29N3O/c1-2-10-18(12-13-6-5-8-16-11-13)14-7-3-4-9-17-15(14)19/h13-14,16H,2-12H2,1H3,(H,17,19). The number of nitrogens with zero attached hydrogens (tertiary/aromatic N) is 1. The van der Waals surface area contributed by atoms with E-state index < -0.39 is 0 Å². The van der Waals surface area contributed by atoms with E-state index in [9.17, 15) is 4.79 Å².